The van der Waals surface area contributed by atoms with Crippen LogP contribution in [0.25, 0.3) is 10.9 Å². The molecule has 1 aliphatic rings. The van der Waals surface area contributed by atoms with Crippen molar-refractivity contribution in [2.24, 2.45) is 0 Å². The zero-order valence-corrected chi connectivity index (χ0v) is 12.5. The molecule has 108 valence electrons. The smallest absolute Gasteiger partial charge is 0.0454 e. The van der Waals surface area contributed by atoms with Crippen LogP contribution in [-0.2, 0) is 6.54 Å². The van der Waals surface area contributed by atoms with Crippen LogP contribution in [0, 0.1) is 0 Å². The Labute approximate surface area is 121 Å². The van der Waals surface area contributed by atoms with Gasteiger partial charge in [-0.2, -0.15) is 0 Å². The first-order chi connectivity index (χ1) is 9.72. The van der Waals surface area contributed by atoms with Gasteiger partial charge in [0, 0.05) is 30.3 Å². The third-order valence-corrected chi connectivity index (χ3v) is 4.47. The topological polar surface area (TPSA) is 31.1 Å². The van der Waals surface area contributed by atoms with Gasteiger partial charge in [0.1, 0.15) is 0 Å². The van der Waals surface area contributed by atoms with Gasteiger partial charge >= 0.3 is 0 Å². The number of hydrogen-bond donors (Lipinski definition) is 2. The van der Waals surface area contributed by atoms with E-state index in [2.05, 4.69) is 53.3 Å². The molecular formula is C17H25N3. The number of fused-ring (bicyclic) bond motifs is 1. The third-order valence-electron chi connectivity index (χ3n) is 4.47. The van der Waals surface area contributed by atoms with Crippen molar-refractivity contribution < 1.29 is 0 Å². The van der Waals surface area contributed by atoms with Crippen LogP contribution in [0.5, 0.6) is 0 Å². The van der Waals surface area contributed by atoms with Gasteiger partial charge in [-0.15, -0.1) is 0 Å². The van der Waals surface area contributed by atoms with Crippen LogP contribution in [-0.4, -0.2) is 35.1 Å². The minimum atomic E-state index is 0.673. The molecule has 0 amide bonds. The minimum Gasteiger partial charge on any atom is -0.361 e. The lowest BCUT2D eigenvalue weighted by Gasteiger charge is -2.35. The predicted octanol–water partition coefficient (Wildman–Crippen LogP) is 3.13. The maximum Gasteiger partial charge on any atom is 0.0454 e. The molecule has 0 aliphatic carbocycles. The Morgan fingerprint density at radius 3 is 2.80 bits per heavy atom. The molecule has 1 aliphatic heterocycles. The summed E-state index contributed by atoms with van der Waals surface area (Å²) in [7, 11) is 0. The molecule has 3 heteroatoms. The number of aromatic amines is 1. The second-order valence-electron chi connectivity index (χ2n) is 6.18. The Kier molecular flexibility index (Phi) is 4.08. The van der Waals surface area contributed by atoms with Crippen molar-refractivity contribution in [3.63, 3.8) is 0 Å². The molecule has 0 radical (unpaired) electrons. The molecule has 1 aromatic heterocycles. The fourth-order valence-corrected chi connectivity index (χ4v) is 3.09. The van der Waals surface area contributed by atoms with Gasteiger partial charge in [0.2, 0.25) is 0 Å². The van der Waals surface area contributed by atoms with E-state index in [9.17, 15) is 0 Å². The minimum absolute atomic E-state index is 0.673. The van der Waals surface area contributed by atoms with E-state index in [1.807, 2.05) is 6.20 Å². The number of benzene rings is 1. The fraction of sp³-hybridized carbons (Fsp3) is 0.529. The lowest BCUT2D eigenvalue weighted by molar-refractivity contribution is 0.161. The van der Waals surface area contributed by atoms with Gasteiger partial charge in [-0.3, -0.25) is 0 Å². The zero-order chi connectivity index (χ0) is 13.9. The summed E-state index contributed by atoms with van der Waals surface area (Å²) in [5.41, 5.74) is 2.60. The second kappa shape index (κ2) is 5.98. The van der Waals surface area contributed by atoms with Crippen LogP contribution in [0.4, 0.5) is 0 Å². The zero-order valence-electron chi connectivity index (χ0n) is 12.5. The summed E-state index contributed by atoms with van der Waals surface area (Å²) in [6, 6.07) is 10.2. The van der Waals surface area contributed by atoms with Gasteiger partial charge in [0.25, 0.3) is 0 Å². The summed E-state index contributed by atoms with van der Waals surface area (Å²) < 4.78 is 0. The summed E-state index contributed by atoms with van der Waals surface area (Å²) in [6.45, 7) is 8.02. The first-order valence-electron chi connectivity index (χ1n) is 7.76. The standard InChI is InChI=1S/C17H25N3/c1-13(2)20-9-6-16(7-10-20)19-12-14-3-4-17-15(11-14)5-8-18-17/h3-5,8,11,13,16,18-19H,6-7,9-10,12H2,1-2H3. The van der Waals surface area contributed by atoms with Crippen molar-refractivity contribution in [2.75, 3.05) is 13.1 Å². The number of H-pyrrole nitrogens is 1. The van der Waals surface area contributed by atoms with Crippen LogP contribution < -0.4 is 5.32 Å². The molecule has 1 aromatic carbocycles. The van der Waals surface area contributed by atoms with Crippen molar-refractivity contribution in [3.8, 4) is 0 Å². The first kappa shape index (κ1) is 13.7. The fourth-order valence-electron chi connectivity index (χ4n) is 3.09. The number of nitrogens with zero attached hydrogens (tertiary/aromatic N) is 1. The predicted molar refractivity (Wildman–Crippen MR) is 84.9 cm³/mol. The van der Waals surface area contributed by atoms with Gasteiger partial charge in [0.15, 0.2) is 0 Å². The largest absolute Gasteiger partial charge is 0.361 e. The number of hydrogen-bond acceptors (Lipinski definition) is 2. The van der Waals surface area contributed by atoms with Crippen LogP contribution in [0.15, 0.2) is 30.5 Å². The van der Waals surface area contributed by atoms with Crippen molar-refractivity contribution >= 4 is 10.9 Å². The lowest BCUT2D eigenvalue weighted by atomic mass is 10.0. The Morgan fingerprint density at radius 1 is 1.25 bits per heavy atom. The van der Waals surface area contributed by atoms with E-state index in [4.69, 9.17) is 0 Å². The molecular weight excluding hydrogens is 246 g/mol. The number of nitrogens with one attached hydrogen (secondary N) is 2. The highest BCUT2D eigenvalue weighted by Gasteiger charge is 2.20. The van der Waals surface area contributed by atoms with E-state index in [1.54, 1.807) is 0 Å². The van der Waals surface area contributed by atoms with Crippen LogP contribution >= 0.6 is 0 Å². The maximum atomic E-state index is 3.72. The van der Waals surface area contributed by atoms with Crippen molar-refractivity contribution in [3.05, 3.63) is 36.0 Å². The molecule has 3 rings (SSSR count). The van der Waals surface area contributed by atoms with Gasteiger partial charge in [-0.1, -0.05) is 6.07 Å². The molecule has 0 spiro atoms. The molecule has 2 aromatic rings. The average Bonchev–Trinajstić information content (AvgIpc) is 2.93. The molecule has 2 N–H and O–H groups in total. The van der Waals surface area contributed by atoms with Gasteiger partial charge in [0.05, 0.1) is 0 Å². The first-order valence-corrected chi connectivity index (χ1v) is 7.76. The number of likely N-dealkylation sites (tertiary alicyclic amines) is 1. The molecule has 1 saturated heterocycles. The van der Waals surface area contributed by atoms with Gasteiger partial charge in [-0.05, 0) is 68.9 Å². The summed E-state index contributed by atoms with van der Waals surface area (Å²) >= 11 is 0. The van der Waals surface area contributed by atoms with E-state index in [-0.39, 0.29) is 0 Å². The molecule has 2 heterocycles. The molecule has 3 nitrogen and oxygen atoms in total. The Bertz CT molecular complexity index is 550. The Balaban J connectivity index is 1.52. The highest BCUT2D eigenvalue weighted by molar-refractivity contribution is 5.79. The van der Waals surface area contributed by atoms with Crippen molar-refractivity contribution in [1.82, 2.24) is 15.2 Å². The van der Waals surface area contributed by atoms with Gasteiger partial charge in [-0.25, -0.2) is 0 Å². The number of rotatable bonds is 4. The van der Waals surface area contributed by atoms with Crippen molar-refractivity contribution in [2.45, 2.75) is 45.3 Å². The number of piperidine rings is 1. The van der Waals surface area contributed by atoms with Crippen molar-refractivity contribution in [1.29, 1.82) is 0 Å². The quantitative estimate of drug-likeness (QED) is 0.895. The van der Waals surface area contributed by atoms with Crippen LogP contribution in [0.3, 0.4) is 0 Å². The van der Waals surface area contributed by atoms with Crippen LogP contribution in [0.2, 0.25) is 0 Å². The molecule has 0 saturated carbocycles. The van der Waals surface area contributed by atoms with Gasteiger partial charge < -0.3 is 15.2 Å². The molecule has 0 bridgehead atoms. The normalized spacial score (nSPS) is 18.1. The van der Waals surface area contributed by atoms with E-state index >= 15 is 0 Å². The molecule has 20 heavy (non-hydrogen) atoms. The number of aromatic nitrogens is 1. The van der Waals surface area contributed by atoms with E-state index in [0.29, 0.717) is 12.1 Å². The van der Waals surface area contributed by atoms with E-state index in [1.165, 1.54) is 42.4 Å². The highest BCUT2D eigenvalue weighted by atomic mass is 15.2. The van der Waals surface area contributed by atoms with Crippen LogP contribution in [0.1, 0.15) is 32.3 Å². The molecule has 0 unspecified atom stereocenters. The van der Waals surface area contributed by atoms with E-state index < -0.39 is 0 Å². The summed E-state index contributed by atoms with van der Waals surface area (Å²) in [4.78, 5) is 5.82. The highest BCUT2D eigenvalue weighted by Crippen LogP contribution is 2.16. The average molecular weight is 271 g/mol. The molecule has 1 fully saturated rings. The summed E-state index contributed by atoms with van der Waals surface area (Å²) in [6.07, 6.45) is 4.54. The second-order valence-corrected chi connectivity index (χ2v) is 6.18. The maximum absolute atomic E-state index is 3.72. The lowest BCUT2D eigenvalue weighted by Crippen LogP contribution is -2.44. The Hall–Kier alpha value is -1.32. The third kappa shape index (κ3) is 3.05. The van der Waals surface area contributed by atoms with E-state index in [0.717, 1.165) is 6.54 Å². The summed E-state index contributed by atoms with van der Waals surface area (Å²) in [5, 5.41) is 5.02. The Morgan fingerprint density at radius 2 is 2.05 bits per heavy atom. The monoisotopic (exact) mass is 271 g/mol. The summed E-state index contributed by atoms with van der Waals surface area (Å²) in [5.74, 6) is 0. The SMILES string of the molecule is CC(C)N1CCC(NCc2ccc3[nH]ccc3c2)CC1. The molecule has 0 atom stereocenters.